The molecule has 5 nitrogen and oxygen atoms in total. The lowest BCUT2D eigenvalue weighted by molar-refractivity contribution is -0.134. The number of benzene rings is 2. The van der Waals surface area contributed by atoms with E-state index in [1.807, 2.05) is 60.7 Å². The van der Waals surface area contributed by atoms with Crippen molar-refractivity contribution < 1.29 is 19.1 Å². The van der Waals surface area contributed by atoms with E-state index in [1.165, 1.54) is 11.2 Å². The van der Waals surface area contributed by atoms with Crippen molar-refractivity contribution in [2.45, 2.75) is 12.1 Å². The molecule has 4 rings (SSSR count). The summed E-state index contributed by atoms with van der Waals surface area (Å²) in [5.41, 5.74) is 1.77. The lowest BCUT2D eigenvalue weighted by atomic mass is 9.94. The predicted octanol–water partition coefficient (Wildman–Crippen LogP) is 3.61. The molecule has 126 valence electrons. The van der Waals surface area contributed by atoms with Gasteiger partial charge in [0.2, 0.25) is 5.91 Å². The lowest BCUT2D eigenvalue weighted by Crippen LogP contribution is -2.39. The zero-order chi connectivity index (χ0) is 17.2. The second-order valence-electron chi connectivity index (χ2n) is 6.03. The van der Waals surface area contributed by atoms with Crippen molar-refractivity contribution in [1.29, 1.82) is 0 Å². The van der Waals surface area contributed by atoms with Gasteiger partial charge in [0.25, 0.3) is 0 Å². The molecule has 2 aromatic rings. The first-order chi connectivity index (χ1) is 12.3. The summed E-state index contributed by atoms with van der Waals surface area (Å²) in [4.78, 5) is 26.6. The summed E-state index contributed by atoms with van der Waals surface area (Å²) in [5.74, 6) is -0.863. The van der Waals surface area contributed by atoms with E-state index in [-0.39, 0.29) is 12.5 Å². The Morgan fingerprint density at radius 1 is 0.960 bits per heavy atom. The third kappa shape index (κ3) is 2.78. The first-order valence-electron chi connectivity index (χ1n) is 8.17. The Morgan fingerprint density at radius 2 is 1.60 bits per heavy atom. The van der Waals surface area contributed by atoms with E-state index < -0.39 is 24.2 Å². The number of hydrogen-bond acceptors (Lipinski definition) is 4. The number of carbonyl (C=O) groups excluding carboxylic acids is 2. The highest BCUT2D eigenvalue weighted by Crippen LogP contribution is 2.37. The minimum Gasteiger partial charge on any atom is -0.492 e. The Morgan fingerprint density at radius 3 is 2.28 bits per heavy atom. The summed E-state index contributed by atoms with van der Waals surface area (Å²) >= 11 is 0. The molecule has 0 bridgehead atoms. The normalized spacial score (nSPS) is 24.9. The van der Waals surface area contributed by atoms with Gasteiger partial charge in [0, 0.05) is 0 Å². The van der Waals surface area contributed by atoms with Gasteiger partial charge in [-0.2, -0.15) is 0 Å². The van der Waals surface area contributed by atoms with Gasteiger partial charge in [-0.25, -0.2) is 9.69 Å². The summed E-state index contributed by atoms with van der Waals surface area (Å²) in [6.07, 6.45) is 2.19. The molecular weight excluding hydrogens is 318 g/mol. The van der Waals surface area contributed by atoms with Crippen LogP contribution in [0.5, 0.6) is 0 Å². The Balaban J connectivity index is 1.62. The Bertz CT molecular complexity index is 803. The fourth-order valence-corrected chi connectivity index (χ4v) is 3.29. The molecule has 1 unspecified atom stereocenters. The van der Waals surface area contributed by atoms with Crippen LogP contribution in [0.2, 0.25) is 0 Å². The number of cyclic esters (lactones) is 1. The van der Waals surface area contributed by atoms with Gasteiger partial charge in [0.15, 0.2) is 0 Å². The minimum atomic E-state index is -0.606. The third-order valence-electron chi connectivity index (χ3n) is 4.55. The van der Waals surface area contributed by atoms with Crippen LogP contribution in [-0.4, -0.2) is 23.5 Å². The van der Waals surface area contributed by atoms with Crippen molar-refractivity contribution in [3.05, 3.63) is 84.1 Å². The molecule has 2 heterocycles. The quantitative estimate of drug-likeness (QED) is 0.860. The van der Waals surface area contributed by atoms with E-state index in [4.69, 9.17) is 9.47 Å². The minimum absolute atomic E-state index is 0.169. The van der Waals surface area contributed by atoms with Gasteiger partial charge in [-0.3, -0.25) is 4.79 Å². The van der Waals surface area contributed by atoms with Crippen molar-refractivity contribution in [3.8, 4) is 0 Å². The molecule has 0 spiro atoms. The highest BCUT2D eigenvalue weighted by molar-refractivity contribution is 5.96. The number of carbonyl (C=O) groups is 2. The van der Waals surface area contributed by atoms with Crippen LogP contribution in [0.15, 0.2) is 73.0 Å². The molecule has 0 aliphatic carbocycles. The van der Waals surface area contributed by atoms with Gasteiger partial charge in [-0.05, 0) is 17.2 Å². The fraction of sp³-hybridized carbons (Fsp3) is 0.200. The number of amides is 2. The van der Waals surface area contributed by atoms with Crippen molar-refractivity contribution >= 4 is 12.0 Å². The van der Waals surface area contributed by atoms with Crippen molar-refractivity contribution in [2.24, 2.45) is 5.92 Å². The summed E-state index contributed by atoms with van der Waals surface area (Å²) in [7, 11) is 0. The number of hydrogen-bond donors (Lipinski definition) is 0. The molecule has 2 amide bonds. The largest absolute Gasteiger partial charge is 0.492 e. The van der Waals surface area contributed by atoms with E-state index in [0.29, 0.717) is 0 Å². The van der Waals surface area contributed by atoms with Crippen LogP contribution in [-0.2, 0) is 14.3 Å². The smallest absolute Gasteiger partial charge is 0.417 e. The predicted molar refractivity (Wildman–Crippen MR) is 90.3 cm³/mol. The van der Waals surface area contributed by atoms with E-state index >= 15 is 0 Å². The van der Waals surface area contributed by atoms with Crippen LogP contribution < -0.4 is 0 Å². The average molecular weight is 335 g/mol. The number of ether oxygens (including phenoxy) is 2. The molecular formula is C20H17NO4. The van der Waals surface area contributed by atoms with E-state index in [9.17, 15) is 9.59 Å². The van der Waals surface area contributed by atoms with Gasteiger partial charge in [0.05, 0.1) is 6.26 Å². The van der Waals surface area contributed by atoms with Gasteiger partial charge in [-0.15, -0.1) is 0 Å². The van der Waals surface area contributed by atoms with Crippen molar-refractivity contribution in [3.63, 3.8) is 0 Å². The number of nitrogens with zero attached hydrogens (tertiary/aromatic N) is 1. The number of rotatable bonds is 3. The molecule has 2 aromatic carbocycles. The zero-order valence-corrected chi connectivity index (χ0v) is 13.4. The van der Waals surface area contributed by atoms with Crippen LogP contribution >= 0.6 is 0 Å². The monoisotopic (exact) mass is 335 g/mol. The Hall–Kier alpha value is -3.08. The van der Waals surface area contributed by atoms with Crippen LogP contribution in [0.4, 0.5) is 4.79 Å². The van der Waals surface area contributed by atoms with Gasteiger partial charge in [0.1, 0.15) is 24.7 Å². The summed E-state index contributed by atoms with van der Waals surface area (Å²) in [6.45, 7) is 0.169. The molecule has 5 heteroatoms. The topological polar surface area (TPSA) is 55.8 Å². The van der Waals surface area contributed by atoms with Gasteiger partial charge >= 0.3 is 6.09 Å². The van der Waals surface area contributed by atoms with Crippen LogP contribution in [0.3, 0.4) is 0 Å². The van der Waals surface area contributed by atoms with Crippen LogP contribution in [0.1, 0.15) is 23.3 Å². The maximum absolute atomic E-state index is 13.1. The van der Waals surface area contributed by atoms with Crippen LogP contribution in [0.25, 0.3) is 0 Å². The summed E-state index contributed by atoms with van der Waals surface area (Å²) < 4.78 is 10.8. The first kappa shape index (κ1) is 15.4. The van der Waals surface area contributed by atoms with E-state index in [0.717, 1.165) is 11.1 Å². The van der Waals surface area contributed by atoms with Crippen LogP contribution in [0, 0.1) is 5.92 Å². The molecule has 0 radical (unpaired) electrons. The highest BCUT2D eigenvalue weighted by atomic mass is 16.6. The van der Waals surface area contributed by atoms with E-state index in [1.54, 1.807) is 6.08 Å². The van der Waals surface area contributed by atoms with E-state index in [2.05, 4.69) is 0 Å². The van der Waals surface area contributed by atoms with Crippen molar-refractivity contribution in [2.75, 3.05) is 6.61 Å². The molecule has 2 aliphatic heterocycles. The third-order valence-corrected chi connectivity index (χ3v) is 4.55. The summed E-state index contributed by atoms with van der Waals surface area (Å²) in [6, 6.07) is 18.6. The molecule has 1 saturated heterocycles. The maximum Gasteiger partial charge on any atom is 0.417 e. The highest BCUT2D eigenvalue weighted by Gasteiger charge is 2.44. The Labute approximate surface area is 145 Å². The molecule has 0 saturated carbocycles. The summed E-state index contributed by atoms with van der Waals surface area (Å²) in [5, 5.41) is 0. The molecule has 0 aromatic heterocycles. The maximum atomic E-state index is 13.1. The molecule has 25 heavy (non-hydrogen) atoms. The second-order valence-corrected chi connectivity index (χ2v) is 6.03. The average Bonchev–Trinajstić information content (AvgIpc) is 3.29. The SMILES string of the molecule is O=C1OCC(c2ccccc2)N1C(=O)[C@H]1C=CO[C@H]1c1ccccc1. The second kappa shape index (κ2) is 6.43. The van der Waals surface area contributed by atoms with Gasteiger partial charge < -0.3 is 9.47 Å². The molecule has 1 fully saturated rings. The fourth-order valence-electron chi connectivity index (χ4n) is 3.29. The first-order valence-corrected chi connectivity index (χ1v) is 8.17. The number of imide groups is 1. The lowest BCUT2D eigenvalue weighted by Gasteiger charge is -2.25. The zero-order valence-electron chi connectivity index (χ0n) is 13.4. The molecule has 0 N–H and O–H groups in total. The van der Waals surface area contributed by atoms with Crippen molar-refractivity contribution in [1.82, 2.24) is 4.90 Å². The standard InChI is InChI=1S/C20H17NO4/c22-19(16-11-12-24-18(16)15-9-5-2-6-10-15)21-17(13-25-20(21)23)14-7-3-1-4-8-14/h1-12,16-18H,13H2/t16-,17?,18-/m0/s1. The molecule has 3 atom stereocenters. The van der Waals surface area contributed by atoms with Gasteiger partial charge in [-0.1, -0.05) is 60.7 Å². The molecule has 2 aliphatic rings. The Kier molecular flexibility index (Phi) is 3.98.